The summed E-state index contributed by atoms with van der Waals surface area (Å²) in [6, 6.07) is 0. The van der Waals surface area contributed by atoms with Crippen LogP contribution < -0.4 is 4.99 Å². The zero-order valence-electron chi connectivity index (χ0n) is 9.29. The Kier molecular flexibility index (Phi) is 5.94. The summed E-state index contributed by atoms with van der Waals surface area (Å²) in [6.45, 7) is 7.07. The first-order chi connectivity index (χ1) is 6.97. The molecule has 0 spiro atoms. The number of rotatable bonds is 5. The Morgan fingerprint density at radius 3 is 2.40 bits per heavy atom. The second-order valence-electron chi connectivity index (χ2n) is 3.16. The lowest BCUT2D eigenvalue weighted by Gasteiger charge is -1.96. The molecule has 0 aliphatic rings. The zero-order valence-corrected chi connectivity index (χ0v) is 9.29. The maximum absolute atomic E-state index is 11.2. The van der Waals surface area contributed by atoms with Crippen molar-refractivity contribution in [2.75, 3.05) is 13.7 Å². The number of ether oxygens (including phenoxy) is 1. The Bertz CT molecular complexity index is 327. The maximum Gasteiger partial charge on any atom is 0.343 e. The van der Waals surface area contributed by atoms with Crippen LogP contribution in [-0.2, 0) is 14.3 Å². The summed E-state index contributed by atoms with van der Waals surface area (Å²) in [7, 11) is 1.30. The fourth-order valence-corrected chi connectivity index (χ4v) is 0.848. The molecule has 0 heterocycles. The number of methoxy groups -OCH3 is 1. The topological polar surface area (TPSA) is 57.3 Å². The van der Waals surface area contributed by atoms with Crippen molar-refractivity contribution in [3.8, 4) is 0 Å². The van der Waals surface area contributed by atoms with Gasteiger partial charge >= 0.3 is 5.97 Å². The summed E-state index contributed by atoms with van der Waals surface area (Å²) in [5.74, 6) is -0.472. The van der Waals surface area contributed by atoms with Gasteiger partial charge in [-0.25, -0.2) is 9.79 Å². The van der Waals surface area contributed by atoms with E-state index in [1.807, 2.05) is 0 Å². The minimum absolute atomic E-state index is 0.00853. The van der Waals surface area contributed by atoms with Crippen LogP contribution in [0.2, 0.25) is 0 Å². The predicted molar refractivity (Wildman–Crippen MR) is 57.5 cm³/mol. The number of nitrogens with one attached hydrogen (secondary N) is 1. The molecule has 0 fully saturated rings. The Hall–Kier alpha value is -1.71. The standard InChI is InChI=1S/C11H15NO3/c1-8(2)5-10(11(14)15-4)7-12-6-9(3)13/h5,7H,1,6H2,2-4H3/p+1/b10-5+,12-7?. The maximum atomic E-state index is 11.2. The van der Waals surface area contributed by atoms with Crippen LogP contribution >= 0.6 is 0 Å². The monoisotopic (exact) mass is 210 g/mol. The smallest absolute Gasteiger partial charge is 0.343 e. The molecule has 0 aliphatic carbocycles. The van der Waals surface area contributed by atoms with Crippen molar-refractivity contribution >= 4 is 18.0 Å². The van der Waals surface area contributed by atoms with Crippen LogP contribution in [-0.4, -0.2) is 31.6 Å². The Labute approximate surface area is 89.3 Å². The van der Waals surface area contributed by atoms with E-state index in [0.717, 1.165) is 5.57 Å². The lowest BCUT2D eigenvalue weighted by molar-refractivity contribution is -0.437. The molecule has 4 nitrogen and oxygen atoms in total. The molecule has 0 amide bonds. The third kappa shape index (κ3) is 6.37. The molecular formula is C11H16NO3+. The molecule has 4 heteroatoms. The fourth-order valence-electron chi connectivity index (χ4n) is 0.848. The van der Waals surface area contributed by atoms with Crippen molar-refractivity contribution in [1.82, 2.24) is 0 Å². The highest BCUT2D eigenvalue weighted by molar-refractivity contribution is 6.08. The molecule has 82 valence electrons. The van der Waals surface area contributed by atoms with E-state index in [9.17, 15) is 9.59 Å². The van der Waals surface area contributed by atoms with Gasteiger partial charge in [-0.3, -0.25) is 4.79 Å². The summed E-state index contributed by atoms with van der Waals surface area (Å²) >= 11 is 0. The normalized spacial score (nSPS) is 11.5. The summed E-state index contributed by atoms with van der Waals surface area (Å²) in [5.41, 5.74) is 1.07. The predicted octanol–water partition coefficient (Wildman–Crippen LogP) is -0.598. The number of carbonyl (C=O) groups is 2. The van der Waals surface area contributed by atoms with Gasteiger partial charge in [-0.1, -0.05) is 12.2 Å². The minimum Gasteiger partial charge on any atom is -0.465 e. The number of hydrogen-bond donors (Lipinski definition) is 1. The molecule has 0 aromatic heterocycles. The Morgan fingerprint density at radius 2 is 2.00 bits per heavy atom. The molecule has 0 rings (SSSR count). The third-order valence-electron chi connectivity index (χ3n) is 1.43. The van der Waals surface area contributed by atoms with E-state index in [-0.39, 0.29) is 12.3 Å². The van der Waals surface area contributed by atoms with Crippen LogP contribution in [0.3, 0.4) is 0 Å². The summed E-state index contributed by atoms with van der Waals surface area (Å²) in [4.78, 5) is 24.6. The van der Waals surface area contributed by atoms with Crippen LogP contribution in [0.5, 0.6) is 0 Å². The van der Waals surface area contributed by atoms with E-state index in [0.29, 0.717) is 5.57 Å². The molecule has 0 atom stereocenters. The van der Waals surface area contributed by atoms with Gasteiger partial charge in [0.25, 0.3) is 0 Å². The van der Waals surface area contributed by atoms with E-state index < -0.39 is 5.97 Å². The van der Waals surface area contributed by atoms with E-state index in [1.54, 1.807) is 13.0 Å². The molecule has 0 aromatic rings. The molecule has 0 saturated heterocycles. The average molecular weight is 210 g/mol. The van der Waals surface area contributed by atoms with Gasteiger partial charge in [-0.05, 0) is 13.0 Å². The van der Waals surface area contributed by atoms with E-state index in [4.69, 9.17) is 0 Å². The van der Waals surface area contributed by atoms with Crippen LogP contribution in [0.1, 0.15) is 13.8 Å². The van der Waals surface area contributed by atoms with E-state index >= 15 is 0 Å². The first kappa shape index (κ1) is 13.3. The van der Waals surface area contributed by atoms with Gasteiger partial charge in [0.2, 0.25) is 0 Å². The van der Waals surface area contributed by atoms with Crippen molar-refractivity contribution in [2.24, 2.45) is 0 Å². The minimum atomic E-state index is -0.464. The second-order valence-corrected chi connectivity index (χ2v) is 3.16. The van der Waals surface area contributed by atoms with Crippen LogP contribution in [0.25, 0.3) is 0 Å². The zero-order chi connectivity index (χ0) is 11.8. The van der Waals surface area contributed by atoms with Crippen LogP contribution in [0.4, 0.5) is 0 Å². The number of esters is 1. The first-order valence-electron chi connectivity index (χ1n) is 4.49. The summed E-state index contributed by atoms with van der Waals surface area (Å²) < 4.78 is 4.57. The average Bonchev–Trinajstić information content (AvgIpc) is 2.14. The molecule has 0 aromatic carbocycles. The van der Waals surface area contributed by atoms with Crippen molar-refractivity contribution in [3.63, 3.8) is 0 Å². The SMILES string of the molecule is C=C(C)/C=C(\C=[NH+]CC(C)=O)C(=O)OC. The number of allylic oxidation sites excluding steroid dienone is 2. The van der Waals surface area contributed by atoms with Crippen molar-refractivity contribution in [3.05, 3.63) is 23.8 Å². The quantitative estimate of drug-likeness (QED) is 0.285. The van der Waals surface area contributed by atoms with Crippen LogP contribution in [0.15, 0.2) is 23.8 Å². The highest BCUT2D eigenvalue weighted by atomic mass is 16.5. The summed E-state index contributed by atoms with van der Waals surface area (Å²) in [6.07, 6.45) is 3.03. The third-order valence-corrected chi connectivity index (χ3v) is 1.43. The van der Waals surface area contributed by atoms with Gasteiger partial charge in [0, 0.05) is 6.92 Å². The number of Topliss-reactive ketones (excluding diaryl/α,β-unsaturated/α-hetero) is 1. The van der Waals surface area contributed by atoms with Gasteiger partial charge in [0.1, 0.15) is 5.57 Å². The lowest BCUT2D eigenvalue weighted by Crippen LogP contribution is -2.71. The van der Waals surface area contributed by atoms with Crippen molar-refractivity contribution in [1.29, 1.82) is 0 Å². The fraction of sp³-hybridized carbons (Fsp3) is 0.364. The van der Waals surface area contributed by atoms with Crippen LogP contribution in [0, 0.1) is 0 Å². The highest BCUT2D eigenvalue weighted by Gasteiger charge is 2.09. The lowest BCUT2D eigenvalue weighted by atomic mass is 10.2. The van der Waals surface area contributed by atoms with Crippen molar-refractivity contribution in [2.45, 2.75) is 13.8 Å². The largest absolute Gasteiger partial charge is 0.465 e. The van der Waals surface area contributed by atoms with Gasteiger partial charge in [-0.15, -0.1) is 0 Å². The summed E-state index contributed by atoms with van der Waals surface area (Å²) in [5, 5.41) is 0. The van der Waals surface area contributed by atoms with Crippen molar-refractivity contribution < 1.29 is 19.3 Å². The highest BCUT2D eigenvalue weighted by Crippen LogP contribution is 1.98. The first-order valence-corrected chi connectivity index (χ1v) is 4.49. The molecular weight excluding hydrogens is 194 g/mol. The van der Waals surface area contributed by atoms with E-state index in [1.165, 1.54) is 20.2 Å². The number of carbonyl (C=O) groups excluding carboxylic acids is 2. The second kappa shape index (κ2) is 6.70. The van der Waals surface area contributed by atoms with Gasteiger partial charge < -0.3 is 4.74 Å². The Balaban J connectivity index is 4.66. The molecule has 0 unspecified atom stereocenters. The number of hydrogen-bond acceptors (Lipinski definition) is 3. The van der Waals surface area contributed by atoms with E-state index in [2.05, 4.69) is 16.3 Å². The number of ketones is 1. The molecule has 0 bridgehead atoms. The van der Waals surface area contributed by atoms with Gasteiger partial charge in [0.15, 0.2) is 18.5 Å². The Morgan fingerprint density at radius 1 is 1.40 bits per heavy atom. The molecule has 1 N–H and O–H groups in total. The van der Waals surface area contributed by atoms with Gasteiger partial charge in [0.05, 0.1) is 7.11 Å². The molecule has 0 saturated carbocycles. The van der Waals surface area contributed by atoms with Gasteiger partial charge in [-0.2, -0.15) is 0 Å². The molecule has 0 radical (unpaired) electrons. The molecule has 15 heavy (non-hydrogen) atoms. The molecule has 0 aliphatic heterocycles.